The summed E-state index contributed by atoms with van der Waals surface area (Å²) >= 11 is 6.05. The highest BCUT2D eigenvalue weighted by Gasteiger charge is 2.28. The molecule has 0 bridgehead atoms. The molecule has 1 aliphatic rings. The summed E-state index contributed by atoms with van der Waals surface area (Å²) in [6, 6.07) is 5.65. The van der Waals surface area contributed by atoms with Gasteiger partial charge in [0.2, 0.25) is 0 Å². The Morgan fingerprint density at radius 1 is 1.41 bits per heavy atom. The molecule has 0 aromatic heterocycles. The summed E-state index contributed by atoms with van der Waals surface area (Å²) in [7, 11) is 2.00. The minimum absolute atomic E-state index is 0.0490. The monoisotopic (exact) mass is 255 g/mol. The molecule has 0 aliphatic heterocycles. The van der Waals surface area contributed by atoms with Crippen molar-refractivity contribution < 1.29 is 10.2 Å². The lowest BCUT2D eigenvalue weighted by molar-refractivity contribution is 0.0464. The van der Waals surface area contributed by atoms with Crippen LogP contribution in [0.15, 0.2) is 18.2 Å². The fourth-order valence-electron chi connectivity index (χ4n) is 2.40. The molecule has 1 aromatic rings. The van der Waals surface area contributed by atoms with Crippen LogP contribution in [0.25, 0.3) is 0 Å². The van der Waals surface area contributed by atoms with Crippen molar-refractivity contribution in [2.24, 2.45) is 5.92 Å². The first-order chi connectivity index (χ1) is 8.11. The van der Waals surface area contributed by atoms with Gasteiger partial charge in [-0.15, -0.1) is 0 Å². The Hall–Kier alpha value is -0.770. The van der Waals surface area contributed by atoms with E-state index in [0.29, 0.717) is 10.9 Å². The summed E-state index contributed by atoms with van der Waals surface area (Å²) in [6.07, 6.45) is 1.63. The number of aliphatic hydroxyl groups excluding tert-OH is 2. The fraction of sp³-hybridized carbons (Fsp3) is 0.538. The molecule has 0 spiro atoms. The zero-order valence-electron chi connectivity index (χ0n) is 9.93. The lowest BCUT2D eigenvalue weighted by Crippen LogP contribution is -2.37. The van der Waals surface area contributed by atoms with Gasteiger partial charge in [-0.25, -0.2) is 0 Å². The Balaban J connectivity index is 2.08. The first-order valence-electron chi connectivity index (χ1n) is 5.89. The minimum Gasteiger partial charge on any atom is -0.393 e. The van der Waals surface area contributed by atoms with Crippen LogP contribution < -0.4 is 4.90 Å². The molecule has 0 unspecified atom stereocenters. The molecule has 1 fully saturated rings. The Kier molecular flexibility index (Phi) is 3.92. The average molecular weight is 256 g/mol. The number of nitrogens with zero attached hydrogens (tertiary/aromatic N) is 1. The van der Waals surface area contributed by atoms with Gasteiger partial charge in [0, 0.05) is 29.9 Å². The molecule has 0 amide bonds. The third-order valence-electron chi connectivity index (χ3n) is 3.41. The molecule has 0 heterocycles. The van der Waals surface area contributed by atoms with Crippen LogP contribution in [0, 0.1) is 5.92 Å². The van der Waals surface area contributed by atoms with Gasteiger partial charge in [0.15, 0.2) is 0 Å². The van der Waals surface area contributed by atoms with E-state index < -0.39 is 0 Å². The molecule has 0 atom stereocenters. The van der Waals surface area contributed by atoms with Gasteiger partial charge in [0.25, 0.3) is 0 Å². The maximum atomic E-state index is 9.34. The lowest BCUT2D eigenvalue weighted by Gasteiger charge is -2.35. The Morgan fingerprint density at radius 2 is 2.12 bits per heavy atom. The second-order valence-electron chi connectivity index (χ2n) is 4.77. The van der Waals surface area contributed by atoms with Gasteiger partial charge in [-0.3, -0.25) is 0 Å². The van der Waals surface area contributed by atoms with Crippen LogP contribution in [0.2, 0.25) is 5.02 Å². The van der Waals surface area contributed by atoms with Crippen LogP contribution in [-0.4, -0.2) is 29.9 Å². The van der Waals surface area contributed by atoms with E-state index in [1.807, 2.05) is 19.2 Å². The smallest absolute Gasteiger partial charge is 0.0716 e. The number of rotatable bonds is 4. The van der Waals surface area contributed by atoms with E-state index in [4.69, 9.17) is 11.6 Å². The first-order valence-corrected chi connectivity index (χ1v) is 6.27. The Bertz CT molecular complexity index is 391. The zero-order valence-corrected chi connectivity index (χ0v) is 10.7. The van der Waals surface area contributed by atoms with E-state index in [2.05, 4.69) is 4.90 Å². The number of hydrogen-bond donors (Lipinski definition) is 2. The van der Waals surface area contributed by atoms with E-state index in [-0.39, 0.29) is 12.7 Å². The zero-order chi connectivity index (χ0) is 12.4. The van der Waals surface area contributed by atoms with Crippen LogP contribution in [0.3, 0.4) is 0 Å². The Labute approximate surface area is 107 Å². The molecule has 2 rings (SSSR count). The predicted molar refractivity (Wildman–Crippen MR) is 69.4 cm³/mol. The van der Waals surface area contributed by atoms with Gasteiger partial charge in [-0.05, 0) is 30.9 Å². The van der Waals surface area contributed by atoms with Crippen molar-refractivity contribution in [3.63, 3.8) is 0 Å². The highest BCUT2D eigenvalue weighted by atomic mass is 35.5. The summed E-state index contributed by atoms with van der Waals surface area (Å²) in [5.74, 6) is 0.542. The van der Waals surface area contributed by atoms with E-state index in [1.54, 1.807) is 6.07 Å². The van der Waals surface area contributed by atoms with Crippen molar-refractivity contribution in [3.05, 3.63) is 28.8 Å². The lowest BCUT2D eigenvalue weighted by atomic mass is 9.82. The second kappa shape index (κ2) is 5.25. The molecule has 1 aliphatic carbocycles. The summed E-state index contributed by atoms with van der Waals surface area (Å²) in [5, 5.41) is 19.2. The highest BCUT2D eigenvalue weighted by Crippen LogP contribution is 2.32. The number of anilines is 1. The SMILES string of the molecule is CN(CC1CC(O)C1)c1cccc(Cl)c1CO. The topological polar surface area (TPSA) is 43.7 Å². The number of aliphatic hydroxyl groups is 2. The van der Waals surface area contributed by atoms with Crippen LogP contribution in [0.4, 0.5) is 5.69 Å². The van der Waals surface area contributed by atoms with E-state index in [9.17, 15) is 10.2 Å². The number of benzene rings is 1. The molecule has 94 valence electrons. The van der Waals surface area contributed by atoms with Crippen molar-refractivity contribution in [2.45, 2.75) is 25.6 Å². The number of hydrogen-bond acceptors (Lipinski definition) is 3. The molecular formula is C13H18ClNO2. The normalized spacial score (nSPS) is 23.3. The fourth-order valence-corrected chi connectivity index (χ4v) is 2.63. The van der Waals surface area contributed by atoms with E-state index in [1.165, 1.54) is 0 Å². The van der Waals surface area contributed by atoms with Gasteiger partial charge in [-0.1, -0.05) is 17.7 Å². The molecule has 4 heteroatoms. The van der Waals surface area contributed by atoms with Crippen molar-refractivity contribution in [2.75, 3.05) is 18.5 Å². The third-order valence-corrected chi connectivity index (χ3v) is 3.76. The number of halogens is 1. The van der Waals surface area contributed by atoms with Crippen molar-refractivity contribution in [1.82, 2.24) is 0 Å². The molecule has 0 saturated heterocycles. The molecule has 17 heavy (non-hydrogen) atoms. The van der Waals surface area contributed by atoms with Gasteiger partial charge in [-0.2, -0.15) is 0 Å². The standard InChI is InChI=1S/C13H18ClNO2/c1-15(7-9-5-10(17)6-9)13-4-2-3-12(14)11(13)8-16/h2-4,9-10,16-17H,5-8H2,1H3. The summed E-state index contributed by atoms with van der Waals surface area (Å²) in [5.41, 5.74) is 1.75. The van der Waals surface area contributed by atoms with Crippen LogP contribution in [0.5, 0.6) is 0 Å². The van der Waals surface area contributed by atoms with E-state index >= 15 is 0 Å². The Morgan fingerprint density at radius 3 is 2.71 bits per heavy atom. The summed E-state index contributed by atoms with van der Waals surface area (Å²) < 4.78 is 0. The maximum absolute atomic E-state index is 9.34. The minimum atomic E-state index is -0.120. The van der Waals surface area contributed by atoms with Crippen LogP contribution >= 0.6 is 11.6 Å². The maximum Gasteiger partial charge on any atom is 0.0716 e. The van der Waals surface area contributed by atoms with Gasteiger partial charge in [0.1, 0.15) is 0 Å². The molecule has 0 radical (unpaired) electrons. The molecule has 1 aromatic carbocycles. The first kappa shape index (κ1) is 12.7. The molecular weight excluding hydrogens is 238 g/mol. The van der Waals surface area contributed by atoms with Gasteiger partial charge < -0.3 is 15.1 Å². The van der Waals surface area contributed by atoms with Crippen LogP contribution in [-0.2, 0) is 6.61 Å². The molecule has 2 N–H and O–H groups in total. The second-order valence-corrected chi connectivity index (χ2v) is 5.17. The van der Waals surface area contributed by atoms with E-state index in [0.717, 1.165) is 30.6 Å². The highest BCUT2D eigenvalue weighted by molar-refractivity contribution is 6.31. The summed E-state index contributed by atoms with van der Waals surface area (Å²) in [4.78, 5) is 2.11. The van der Waals surface area contributed by atoms with Gasteiger partial charge >= 0.3 is 0 Å². The van der Waals surface area contributed by atoms with Crippen LogP contribution in [0.1, 0.15) is 18.4 Å². The third kappa shape index (κ3) is 2.73. The van der Waals surface area contributed by atoms with Gasteiger partial charge in [0.05, 0.1) is 12.7 Å². The predicted octanol–water partition coefficient (Wildman–Crippen LogP) is 2.04. The van der Waals surface area contributed by atoms with Crippen molar-refractivity contribution in [3.8, 4) is 0 Å². The van der Waals surface area contributed by atoms with Crippen molar-refractivity contribution >= 4 is 17.3 Å². The molecule has 3 nitrogen and oxygen atoms in total. The largest absolute Gasteiger partial charge is 0.393 e. The summed E-state index contributed by atoms with van der Waals surface area (Å²) in [6.45, 7) is 0.844. The quantitative estimate of drug-likeness (QED) is 0.865. The molecule has 1 saturated carbocycles. The average Bonchev–Trinajstić information content (AvgIpc) is 2.26. The van der Waals surface area contributed by atoms with Crippen molar-refractivity contribution in [1.29, 1.82) is 0 Å².